The van der Waals surface area contributed by atoms with E-state index in [9.17, 15) is 9.50 Å². The van der Waals surface area contributed by atoms with Gasteiger partial charge in [0.05, 0.1) is 7.11 Å². The molecule has 0 amide bonds. The van der Waals surface area contributed by atoms with Gasteiger partial charge < -0.3 is 9.84 Å². The van der Waals surface area contributed by atoms with Crippen molar-refractivity contribution in [3.05, 3.63) is 65.0 Å². The molecule has 1 unspecified atom stereocenters. The van der Waals surface area contributed by atoms with E-state index in [1.165, 1.54) is 12.1 Å². The third kappa shape index (κ3) is 2.61. The molecule has 0 saturated carbocycles. The predicted molar refractivity (Wildman–Crippen MR) is 72.8 cm³/mol. The van der Waals surface area contributed by atoms with E-state index in [-0.39, 0.29) is 5.82 Å². The SMILES string of the molecule is COc1cccc(C(C)(O)c2ccc(F)cc2C)c1. The minimum Gasteiger partial charge on any atom is -0.497 e. The fraction of sp³-hybridized carbons (Fsp3) is 0.250. The fourth-order valence-corrected chi connectivity index (χ4v) is 2.25. The molecule has 0 aromatic heterocycles. The van der Waals surface area contributed by atoms with Crippen LogP contribution < -0.4 is 4.74 Å². The van der Waals surface area contributed by atoms with Crippen molar-refractivity contribution in [3.63, 3.8) is 0 Å². The molecular weight excluding hydrogens is 243 g/mol. The van der Waals surface area contributed by atoms with Crippen LogP contribution in [0.2, 0.25) is 0 Å². The molecule has 2 rings (SSSR count). The van der Waals surface area contributed by atoms with E-state index in [1.54, 1.807) is 33.1 Å². The van der Waals surface area contributed by atoms with Crippen LogP contribution in [0.15, 0.2) is 42.5 Å². The normalized spacial score (nSPS) is 13.9. The summed E-state index contributed by atoms with van der Waals surface area (Å²) in [5, 5.41) is 10.8. The summed E-state index contributed by atoms with van der Waals surface area (Å²) >= 11 is 0. The zero-order chi connectivity index (χ0) is 14.0. The maximum atomic E-state index is 13.2. The van der Waals surface area contributed by atoms with Gasteiger partial charge in [0.25, 0.3) is 0 Å². The van der Waals surface area contributed by atoms with E-state index in [1.807, 2.05) is 18.2 Å². The molecule has 19 heavy (non-hydrogen) atoms. The lowest BCUT2D eigenvalue weighted by molar-refractivity contribution is 0.101. The molecule has 2 nitrogen and oxygen atoms in total. The average molecular weight is 260 g/mol. The summed E-state index contributed by atoms with van der Waals surface area (Å²) in [4.78, 5) is 0. The van der Waals surface area contributed by atoms with Gasteiger partial charge in [0.15, 0.2) is 0 Å². The number of rotatable bonds is 3. The van der Waals surface area contributed by atoms with Crippen LogP contribution in [0.4, 0.5) is 4.39 Å². The molecule has 1 atom stereocenters. The van der Waals surface area contributed by atoms with Gasteiger partial charge in [-0.2, -0.15) is 0 Å². The third-order valence-corrected chi connectivity index (χ3v) is 3.34. The highest BCUT2D eigenvalue weighted by Gasteiger charge is 2.27. The molecule has 0 aliphatic carbocycles. The quantitative estimate of drug-likeness (QED) is 0.916. The minimum atomic E-state index is -1.19. The van der Waals surface area contributed by atoms with Gasteiger partial charge in [0, 0.05) is 0 Å². The number of aliphatic hydroxyl groups is 1. The van der Waals surface area contributed by atoms with Gasteiger partial charge in [0.1, 0.15) is 17.2 Å². The Bertz CT molecular complexity index is 591. The highest BCUT2D eigenvalue weighted by atomic mass is 19.1. The second kappa shape index (κ2) is 5.02. The molecule has 2 aromatic carbocycles. The molecule has 100 valence electrons. The van der Waals surface area contributed by atoms with Gasteiger partial charge in [0.2, 0.25) is 0 Å². The van der Waals surface area contributed by atoms with E-state index >= 15 is 0 Å². The van der Waals surface area contributed by atoms with Crippen LogP contribution in [-0.4, -0.2) is 12.2 Å². The van der Waals surface area contributed by atoms with Crippen LogP contribution in [0.25, 0.3) is 0 Å². The van der Waals surface area contributed by atoms with Crippen molar-refractivity contribution in [3.8, 4) is 5.75 Å². The first-order valence-electron chi connectivity index (χ1n) is 6.08. The van der Waals surface area contributed by atoms with Crippen LogP contribution in [0.1, 0.15) is 23.6 Å². The Morgan fingerprint density at radius 3 is 2.53 bits per heavy atom. The molecule has 0 radical (unpaired) electrons. The van der Waals surface area contributed by atoms with Crippen molar-refractivity contribution >= 4 is 0 Å². The number of halogens is 1. The maximum absolute atomic E-state index is 13.2. The average Bonchev–Trinajstić information content (AvgIpc) is 2.38. The van der Waals surface area contributed by atoms with Crippen molar-refractivity contribution in [1.82, 2.24) is 0 Å². The molecule has 0 saturated heterocycles. The second-order valence-electron chi connectivity index (χ2n) is 4.76. The topological polar surface area (TPSA) is 29.5 Å². The van der Waals surface area contributed by atoms with Crippen molar-refractivity contribution in [1.29, 1.82) is 0 Å². The smallest absolute Gasteiger partial charge is 0.123 e. The summed E-state index contributed by atoms with van der Waals surface area (Å²) in [5.41, 5.74) is 0.920. The molecule has 3 heteroatoms. The molecule has 0 spiro atoms. The molecule has 2 aromatic rings. The summed E-state index contributed by atoms with van der Waals surface area (Å²) in [6.07, 6.45) is 0. The molecule has 0 heterocycles. The Labute approximate surface area is 112 Å². The van der Waals surface area contributed by atoms with Crippen LogP contribution >= 0.6 is 0 Å². The van der Waals surface area contributed by atoms with Gasteiger partial charge in [-0.3, -0.25) is 0 Å². The Morgan fingerprint density at radius 2 is 1.89 bits per heavy atom. The molecule has 0 bridgehead atoms. The largest absolute Gasteiger partial charge is 0.497 e. The molecular formula is C16H17FO2. The first kappa shape index (κ1) is 13.6. The number of aryl methyl sites for hydroxylation is 1. The Hall–Kier alpha value is -1.87. The fourth-order valence-electron chi connectivity index (χ4n) is 2.25. The van der Waals surface area contributed by atoms with E-state index < -0.39 is 5.60 Å². The standard InChI is InChI=1S/C16H17FO2/c1-11-9-13(17)7-8-15(11)16(2,18)12-5-4-6-14(10-12)19-3/h4-10,18H,1-3H3. The Morgan fingerprint density at radius 1 is 1.16 bits per heavy atom. The number of ether oxygens (including phenoxy) is 1. The summed E-state index contributed by atoms with van der Waals surface area (Å²) < 4.78 is 18.3. The van der Waals surface area contributed by atoms with E-state index in [4.69, 9.17) is 4.74 Å². The number of methoxy groups -OCH3 is 1. The summed E-state index contributed by atoms with van der Waals surface area (Å²) in [7, 11) is 1.58. The van der Waals surface area contributed by atoms with Gasteiger partial charge >= 0.3 is 0 Å². The molecule has 1 N–H and O–H groups in total. The summed E-state index contributed by atoms with van der Waals surface area (Å²) in [5.74, 6) is 0.375. The second-order valence-corrected chi connectivity index (χ2v) is 4.76. The summed E-state index contributed by atoms with van der Waals surface area (Å²) in [6, 6.07) is 11.6. The lowest BCUT2D eigenvalue weighted by Gasteiger charge is -2.26. The van der Waals surface area contributed by atoms with Crippen LogP contribution in [-0.2, 0) is 5.60 Å². The maximum Gasteiger partial charge on any atom is 0.123 e. The van der Waals surface area contributed by atoms with Gasteiger partial charge in [-0.05, 0) is 54.8 Å². The van der Waals surface area contributed by atoms with Gasteiger partial charge in [-0.1, -0.05) is 18.2 Å². The number of hydrogen-bond acceptors (Lipinski definition) is 2. The highest BCUT2D eigenvalue weighted by Crippen LogP contribution is 2.33. The van der Waals surface area contributed by atoms with Crippen molar-refractivity contribution in [2.75, 3.05) is 7.11 Å². The summed E-state index contributed by atoms with van der Waals surface area (Å²) in [6.45, 7) is 3.48. The lowest BCUT2D eigenvalue weighted by atomic mass is 9.85. The van der Waals surface area contributed by atoms with E-state index in [2.05, 4.69) is 0 Å². The van der Waals surface area contributed by atoms with Gasteiger partial charge in [-0.15, -0.1) is 0 Å². The molecule has 0 fully saturated rings. The monoisotopic (exact) mass is 260 g/mol. The molecule has 0 aliphatic rings. The zero-order valence-corrected chi connectivity index (χ0v) is 11.3. The lowest BCUT2D eigenvalue weighted by Crippen LogP contribution is -2.24. The number of benzene rings is 2. The van der Waals surface area contributed by atoms with E-state index in [0.29, 0.717) is 22.4 Å². The zero-order valence-electron chi connectivity index (χ0n) is 11.3. The van der Waals surface area contributed by atoms with Gasteiger partial charge in [-0.25, -0.2) is 4.39 Å². The first-order chi connectivity index (χ1) is 8.95. The molecule has 0 aliphatic heterocycles. The third-order valence-electron chi connectivity index (χ3n) is 3.34. The minimum absolute atomic E-state index is 0.303. The highest BCUT2D eigenvalue weighted by molar-refractivity contribution is 5.42. The Kier molecular flexibility index (Phi) is 3.58. The Balaban J connectivity index is 2.51. The predicted octanol–water partition coefficient (Wildman–Crippen LogP) is 3.40. The van der Waals surface area contributed by atoms with Crippen molar-refractivity contribution in [2.24, 2.45) is 0 Å². The van der Waals surface area contributed by atoms with Crippen molar-refractivity contribution in [2.45, 2.75) is 19.4 Å². The van der Waals surface area contributed by atoms with E-state index in [0.717, 1.165) is 0 Å². The first-order valence-corrected chi connectivity index (χ1v) is 6.08. The van der Waals surface area contributed by atoms with Crippen LogP contribution in [0.5, 0.6) is 5.75 Å². The van der Waals surface area contributed by atoms with Crippen LogP contribution in [0.3, 0.4) is 0 Å². The van der Waals surface area contributed by atoms with Crippen LogP contribution in [0, 0.1) is 12.7 Å². The number of hydrogen-bond donors (Lipinski definition) is 1. The van der Waals surface area contributed by atoms with Crippen molar-refractivity contribution < 1.29 is 14.2 Å².